The summed E-state index contributed by atoms with van der Waals surface area (Å²) in [6, 6.07) is 8.31. The Morgan fingerprint density at radius 1 is 1.30 bits per heavy atom. The van der Waals surface area contributed by atoms with Crippen LogP contribution in [0.15, 0.2) is 44.2 Å². The Morgan fingerprint density at radius 2 is 2.13 bits per heavy atom. The summed E-state index contributed by atoms with van der Waals surface area (Å²) in [5.74, 6) is 0. The Hall–Kier alpha value is -1.24. The molecule has 0 saturated heterocycles. The van der Waals surface area contributed by atoms with Gasteiger partial charge in [-0.05, 0) is 37.8 Å². The van der Waals surface area contributed by atoms with Gasteiger partial charge in [-0.25, -0.2) is 4.68 Å². The van der Waals surface area contributed by atoms with Crippen molar-refractivity contribution in [1.82, 2.24) is 4.68 Å². The highest BCUT2D eigenvalue weighted by molar-refractivity contribution is 9.10. The maximum atomic E-state index is 5.10. The molecule has 0 atom stereocenters. The Balaban J connectivity index is 2.05. The number of halogens is 1. The van der Waals surface area contributed by atoms with Gasteiger partial charge in [0.05, 0.1) is 18.8 Å². The zero-order valence-electron chi connectivity index (χ0n) is 13.2. The molecule has 0 N–H and O–H groups in total. The van der Waals surface area contributed by atoms with E-state index in [1.54, 1.807) is 18.4 Å². The van der Waals surface area contributed by atoms with Gasteiger partial charge in [-0.15, -0.1) is 11.3 Å². The molecule has 23 heavy (non-hydrogen) atoms. The van der Waals surface area contributed by atoms with Gasteiger partial charge >= 0.3 is 0 Å². The molecular weight excluding hydrogens is 374 g/mol. The SMILES string of the molecule is COCCN=c1scc(-c2cccc(Br)c2)n1N=C1CCCC1. The Morgan fingerprint density at radius 3 is 2.87 bits per heavy atom. The molecule has 0 amide bonds. The zero-order valence-corrected chi connectivity index (χ0v) is 15.6. The first kappa shape index (κ1) is 16.6. The topological polar surface area (TPSA) is 38.9 Å². The molecule has 1 aliphatic carbocycles. The molecule has 4 nitrogen and oxygen atoms in total. The van der Waals surface area contributed by atoms with E-state index in [4.69, 9.17) is 9.84 Å². The van der Waals surface area contributed by atoms with E-state index in [1.807, 2.05) is 16.8 Å². The fourth-order valence-electron chi connectivity index (χ4n) is 2.61. The molecule has 0 radical (unpaired) electrons. The summed E-state index contributed by atoms with van der Waals surface area (Å²) in [6.07, 6.45) is 4.67. The van der Waals surface area contributed by atoms with Crippen LogP contribution in [0.1, 0.15) is 25.7 Å². The summed E-state index contributed by atoms with van der Waals surface area (Å²) < 4.78 is 8.18. The van der Waals surface area contributed by atoms with Crippen molar-refractivity contribution in [2.75, 3.05) is 20.3 Å². The van der Waals surface area contributed by atoms with Gasteiger partial charge in [0.2, 0.25) is 4.80 Å². The van der Waals surface area contributed by atoms with Gasteiger partial charge in [-0.2, -0.15) is 5.10 Å². The van der Waals surface area contributed by atoms with E-state index < -0.39 is 0 Å². The molecule has 0 bridgehead atoms. The maximum Gasteiger partial charge on any atom is 0.206 e. The molecule has 0 aliphatic heterocycles. The first-order chi connectivity index (χ1) is 11.3. The van der Waals surface area contributed by atoms with Crippen LogP contribution >= 0.6 is 27.3 Å². The van der Waals surface area contributed by atoms with Crippen molar-refractivity contribution in [2.24, 2.45) is 10.1 Å². The van der Waals surface area contributed by atoms with E-state index in [-0.39, 0.29) is 0 Å². The van der Waals surface area contributed by atoms with Crippen LogP contribution in [0, 0.1) is 0 Å². The summed E-state index contributed by atoms with van der Waals surface area (Å²) in [6.45, 7) is 1.28. The highest BCUT2D eigenvalue weighted by Gasteiger charge is 2.12. The van der Waals surface area contributed by atoms with Gasteiger partial charge < -0.3 is 4.74 Å². The molecule has 1 aliphatic rings. The van der Waals surface area contributed by atoms with Crippen molar-refractivity contribution in [3.8, 4) is 11.3 Å². The Labute approximate surface area is 148 Å². The molecule has 6 heteroatoms. The highest BCUT2D eigenvalue weighted by Crippen LogP contribution is 2.24. The first-order valence-electron chi connectivity index (χ1n) is 7.80. The number of hydrogen-bond donors (Lipinski definition) is 0. The predicted molar refractivity (Wildman–Crippen MR) is 99.1 cm³/mol. The smallest absolute Gasteiger partial charge is 0.206 e. The first-order valence-corrected chi connectivity index (χ1v) is 9.48. The lowest BCUT2D eigenvalue weighted by atomic mass is 10.2. The number of ether oxygens (including phenoxy) is 1. The van der Waals surface area contributed by atoms with Crippen LogP contribution in [0.25, 0.3) is 11.3 Å². The van der Waals surface area contributed by atoms with E-state index in [9.17, 15) is 0 Å². The van der Waals surface area contributed by atoms with Crippen LogP contribution in [0.3, 0.4) is 0 Å². The third kappa shape index (κ3) is 4.19. The zero-order chi connectivity index (χ0) is 16.1. The summed E-state index contributed by atoms with van der Waals surface area (Å²) in [7, 11) is 1.70. The minimum absolute atomic E-state index is 0.626. The molecule has 1 fully saturated rings. The van der Waals surface area contributed by atoms with Gasteiger partial charge in [0.25, 0.3) is 0 Å². The molecule has 3 rings (SSSR count). The van der Waals surface area contributed by atoms with Crippen molar-refractivity contribution in [1.29, 1.82) is 0 Å². The number of hydrogen-bond acceptors (Lipinski definition) is 4. The highest BCUT2D eigenvalue weighted by atomic mass is 79.9. The van der Waals surface area contributed by atoms with Gasteiger partial charge in [0.1, 0.15) is 0 Å². The van der Waals surface area contributed by atoms with Crippen LogP contribution < -0.4 is 4.80 Å². The van der Waals surface area contributed by atoms with Crippen LogP contribution in [-0.2, 0) is 4.74 Å². The molecule has 0 spiro atoms. The Bertz CT molecular complexity index is 755. The Kier molecular flexibility index (Phi) is 5.80. The summed E-state index contributed by atoms with van der Waals surface area (Å²) in [5.41, 5.74) is 3.51. The second-order valence-electron chi connectivity index (χ2n) is 5.47. The van der Waals surface area contributed by atoms with Crippen molar-refractivity contribution < 1.29 is 4.74 Å². The van der Waals surface area contributed by atoms with Crippen LogP contribution in [0.2, 0.25) is 0 Å². The van der Waals surface area contributed by atoms with Gasteiger partial charge in [-0.1, -0.05) is 28.1 Å². The van der Waals surface area contributed by atoms with Gasteiger partial charge in [0, 0.05) is 28.2 Å². The number of thiazole rings is 1. The number of benzene rings is 1. The van der Waals surface area contributed by atoms with Gasteiger partial charge in [-0.3, -0.25) is 4.99 Å². The number of aromatic nitrogens is 1. The summed E-state index contributed by atoms with van der Waals surface area (Å²) in [4.78, 5) is 5.57. The molecule has 1 aromatic carbocycles. The van der Waals surface area contributed by atoms with Crippen molar-refractivity contribution in [3.63, 3.8) is 0 Å². The third-order valence-electron chi connectivity index (χ3n) is 3.77. The molecule has 0 unspecified atom stereocenters. The molecular formula is C17H20BrN3OS. The van der Waals surface area contributed by atoms with E-state index in [0.717, 1.165) is 33.4 Å². The number of rotatable bonds is 5. The second kappa shape index (κ2) is 8.04. The van der Waals surface area contributed by atoms with E-state index in [0.29, 0.717) is 13.2 Å². The minimum atomic E-state index is 0.626. The standard InChI is InChI=1S/C17H20BrN3OS/c1-22-10-9-19-17-21(20-15-7-2-3-8-15)16(12-23-17)13-5-4-6-14(18)11-13/h4-6,11-12H,2-3,7-10H2,1H3. The maximum absolute atomic E-state index is 5.10. The van der Waals surface area contributed by atoms with E-state index in [1.165, 1.54) is 18.6 Å². The largest absolute Gasteiger partial charge is 0.383 e. The number of methoxy groups -OCH3 is 1. The molecule has 1 saturated carbocycles. The predicted octanol–water partition coefficient (Wildman–Crippen LogP) is 4.30. The fourth-order valence-corrected chi connectivity index (χ4v) is 3.86. The van der Waals surface area contributed by atoms with Crippen LogP contribution in [-0.4, -0.2) is 30.6 Å². The monoisotopic (exact) mass is 393 g/mol. The van der Waals surface area contributed by atoms with Crippen molar-refractivity contribution in [2.45, 2.75) is 25.7 Å². The van der Waals surface area contributed by atoms with Crippen LogP contribution in [0.5, 0.6) is 0 Å². The van der Waals surface area contributed by atoms with Crippen molar-refractivity contribution >= 4 is 33.0 Å². The van der Waals surface area contributed by atoms with E-state index in [2.05, 4.69) is 38.4 Å². The molecule has 122 valence electrons. The second-order valence-corrected chi connectivity index (χ2v) is 7.23. The third-order valence-corrected chi connectivity index (χ3v) is 5.12. The average molecular weight is 394 g/mol. The molecule has 1 aromatic heterocycles. The lowest BCUT2D eigenvalue weighted by molar-refractivity contribution is 0.207. The van der Waals surface area contributed by atoms with Gasteiger partial charge in [0.15, 0.2) is 0 Å². The summed E-state index contributed by atoms with van der Waals surface area (Å²) >= 11 is 5.18. The van der Waals surface area contributed by atoms with Crippen molar-refractivity contribution in [3.05, 3.63) is 38.9 Å². The fraction of sp³-hybridized carbons (Fsp3) is 0.412. The molecule has 1 heterocycles. The lowest BCUT2D eigenvalue weighted by Gasteiger charge is -2.06. The quantitative estimate of drug-likeness (QED) is 0.697. The summed E-state index contributed by atoms with van der Waals surface area (Å²) in [5, 5.41) is 7.03. The van der Waals surface area contributed by atoms with E-state index >= 15 is 0 Å². The minimum Gasteiger partial charge on any atom is -0.383 e. The number of nitrogens with zero attached hydrogens (tertiary/aromatic N) is 3. The average Bonchev–Trinajstić information content (AvgIpc) is 3.19. The molecule has 2 aromatic rings. The lowest BCUT2D eigenvalue weighted by Crippen LogP contribution is -2.15. The normalized spacial score (nSPS) is 15.4. The van der Waals surface area contributed by atoms with Crippen LogP contribution in [0.4, 0.5) is 0 Å².